The standard InChI is InChI=1S/C19H23N5O2.2C2HF3O2/c1-26-17-5-10-24(19(25)18-21-6-2-7-22-18)16-13-23(12-15(16)17)11-14-3-8-20-9-4-14;2*3-2(4,5)1(6)7/h2-4,6-9,15-17H,5,10-13H2,1H3;2*(H,6,7)/t15-,16+,17-;;/m0../s1. The first kappa shape index (κ1) is 32.4. The Hall–Kier alpha value is -3.86. The number of amides is 1. The van der Waals surface area contributed by atoms with Gasteiger partial charge in [0.2, 0.25) is 5.82 Å². The van der Waals surface area contributed by atoms with Crippen LogP contribution in [-0.4, -0.2) is 104 Å². The van der Waals surface area contributed by atoms with Gasteiger partial charge in [-0.15, -0.1) is 0 Å². The maximum Gasteiger partial charge on any atom is 0.490 e. The molecule has 4 heterocycles. The van der Waals surface area contributed by atoms with Crippen LogP contribution in [0.4, 0.5) is 26.3 Å². The van der Waals surface area contributed by atoms with Crippen molar-refractivity contribution in [1.29, 1.82) is 0 Å². The molecular weight excluding hydrogens is 556 g/mol. The van der Waals surface area contributed by atoms with E-state index in [9.17, 15) is 31.1 Å². The highest BCUT2D eigenvalue weighted by atomic mass is 19.4. The van der Waals surface area contributed by atoms with Gasteiger partial charge in [0.05, 0.1) is 12.1 Å². The van der Waals surface area contributed by atoms with Crippen molar-refractivity contribution in [3.05, 3.63) is 54.4 Å². The Bertz CT molecular complexity index is 1100. The van der Waals surface area contributed by atoms with Crippen molar-refractivity contribution in [2.75, 3.05) is 26.7 Å². The minimum atomic E-state index is -5.08. The van der Waals surface area contributed by atoms with Crippen LogP contribution in [-0.2, 0) is 20.9 Å². The number of hydrogen-bond donors (Lipinski definition) is 2. The fourth-order valence-corrected chi connectivity index (χ4v) is 4.19. The molecule has 1 amide bonds. The highest BCUT2D eigenvalue weighted by Gasteiger charge is 2.46. The summed E-state index contributed by atoms with van der Waals surface area (Å²) in [5.74, 6) is -5.01. The summed E-state index contributed by atoms with van der Waals surface area (Å²) in [6.07, 6.45) is -2.27. The van der Waals surface area contributed by atoms with E-state index in [2.05, 4.69) is 19.9 Å². The number of carbonyl (C=O) groups excluding carboxylic acids is 1. The third-order valence-corrected chi connectivity index (χ3v) is 5.90. The maximum absolute atomic E-state index is 12.9. The summed E-state index contributed by atoms with van der Waals surface area (Å²) in [6.45, 7) is 3.30. The van der Waals surface area contributed by atoms with Gasteiger partial charge >= 0.3 is 24.3 Å². The van der Waals surface area contributed by atoms with Gasteiger partial charge in [-0.3, -0.25) is 14.7 Å². The second kappa shape index (κ2) is 14.0. The van der Waals surface area contributed by atoms with Gasteiger partial charge in [-0.25, -0.2) is 19.6 Å². The van der Waals surface area contributed by atoms with Crippen LogP contribution in [0.15, 0.2) is 43.0 Å². The van der Waals surface area contributed by atoms with E-state index in [1.54, 1.807) is 25.6 Å². The zero-order valence-electron chi connectivity index (χ0n) is 20.8. The highest BCUT2D eigenvalue weighted by molar-refractivity contribution is 5.90. The molecule has 2 N–H and O–H groups in total. The molecule has 220 valence electrons. The molecule has 0 unspecified atom stereocenters. The van der Waals surface area contributed by atoms with Crippen molar-refractivity contribution in [1.82, 2.24) is 24.8 Å². The smallest absolute Gasteiger partial charge is 0.475 e. The molecule has 2 aromatic heterocycles. The first-order chi connectivity index (χ1) is 18.6. The monoisotopic (exact) mass is 581 g/mol. The Morgan fingerprint density at radius 2 is 1.48 bits per heavy atom. The average Bonchev–Trinajstić information content (AvgIpc) is 3.32. The number of likely N-dealkylation sites (tertiary alicyclic amines) is 2. The van der Waals surface area contributed by atoms with Crippen LogP contribution in [0.1, 0.15) is 22.6 Å². The molecule has 2 saturated heterocycles. The molecule has 0 spiro atoms. The third kappa shape index (κ3) is 9.41. The number of rotatable bonds is 4. The number of alkyl halides is 6. The number of carbonyl (C=O) groups is 3. The molecule has 0 radical (unpaired) electrons. The van der Waals surface area contributed by atoms with Crippen molar-refractivity contribution in [3.8, 4) is 0 Å². The van der Waals surface area contributed by atoms with Gasteiger partial charge in [-0.05, 0) is 30.2 Å². The van der Waals surface area contributed by atoms with Crippen LogP contribution < -0.4 is 0 Å². The third-order valence-electron chi connectivity index (χ3n) is 5.90. The number of pyridine rings is 1. The predicted molar refractivity (Wildman–Crippen MR) is 123 cm³/mol. The number of carboxylic acids is 2. The first-order valence-corrected chi connectivity index (χ1v) is 11.5. The topological polar surface area (TPSA) is 146 Å². The molecule has 0 aliphatic carbocycles. The van der Waals surface area contributed by atoms with Crippen molar-refractivity contribution in [2.24, 2.45) is 5.92 Å². The zero-order valence-corrected chi connectivity index (χ0v) is 20.8. The number of halogens is 6. The van der Waals surface area contributed by atoms with E-state index in [0.717, 1.165) is 26.1 Å². The van der Waals surface area contributed by atoms with E-state index in [4.69, 9.17) is 24.5 Å². The van der Waals surface area contributed by atoms with Crippen LogP contribution >= 0.6 is 0 Å². The largest absolute Gasteiger partial charge is 0.490 e. The Balaban J connectivity index is 0.000000333. The second-order valence-corrected chi connectivity index (χ2v) is 8.52. The Morgan fingerprint density at radius 1 is 0.950 bits per heavy atom. The highest BCUT2D eigenvalue weighted by Crippen LogP contribution is 2.33. The minimum Gasteiger partial charge on any atom is -0.475 e. The molecule has 2 fully saturated rings. The molecule has 40 heavy (non-hydrogen) atoms. The summed E-state index contributed by atoms with van der Waals surface area (Å²) < 4.78 is 69.2. The molecule has 11 nitrogen and oxygen atoms in total. The normalized spacial score (nSPS) is 20.8. The Morgan fingerprint density at radius 3 is 1.95 bits per heavy atom. The number of ether oxygens (including phenoxy) is 1. The average molecular weight is 581 g/mol. The number of fused-ring (bicyclic) bond motifs is 1. The summed E-state index contributed by atoms with van der Waals surface area (Å²) in [7, 11) is 1.77. The fraction of sp³-hybridized carbons (Fsp3) is 0.478. The van der Waals surface area contributed by atoms with Gasteiger partial charge in [-0.1, -0.05) is 0 Å². The van der Waals surface area contributed by atoms with Gasteiger partial charge < -0.3 is 19.8 Å². The molecule has 17 heteroatoms. The van der Waals surface area contributed by atoms with Gasteiger partial charge in [0, 0.05) is 64.0 Å². The summed E-state index contributed by atoms with van der Waals surface area (Å²) in [6, 6.07) is 5.93. The molecular formula is C23H25F6N5O6. The van der Waals surface area contributed by atoms with Crippen LogP contribution in [0.5, 0.6) is 0 Å². The maximum atomic E-state index is 12.9. The first-order valence-electron chi connectivity index (χ1n) is 11.5. The van der Waals surface area contributed by atoms with Crippen molar-refractivity contribution >= 4 is 17.8 Å². The summed E-state index contributed by atoms with van der Waals surface area (Å²) >= 11 is 0. The number of methoxy groups -OCH3 is 1. The lowest BCUT2D eigenvalue weighted by molar-refractivity contribution is -0.193. The number of piperidine rings is 1. The molecule has 0 aromatic carbocycles. The van der Waals surface area contributed by atoms with E-state index in [1.165, 1.54) is 5.56 Å². The van der Waals surface area contributed by atoms with Crippen molar-refractivity contribution < 1.29 is 55.7 Å². The lowest BCUT2D eigenvalue weighted by Crippen LogP contribution is -2.53. The van der Waals surface area contributed by atoms with Gasteiger partial charge in [0.25, 0.3) is 5.91 Å². The summed E-state index contributed by atoms with van der Waals surface area (Å²) in [5, 5.41) is 14.2. The van der Waals surface area contributed by atoms with Crippen molar-refractivity contribution in [2.45, 2.75) is 37.5 Å². The Kier molecular flexibility index (Phi) is 11.3. The minimum absolute atomic E-state index is 0.0825. The van der Waals surface area contributed by atoms with E-state index < -0.39 is 24.3 Å². The van der Waals surface area contributed by atoms with Crippen LogP contribution in [0.3, 0.4) is 0 Å². The summed E-state index contributed by atoms with van der Waals surface area (Å²) in [4.78, 5) is 47.4. The second-order valence-electron chi connectivity index (χ2n) is 8.52. The van der Waals surface area contributed by atoms with Crippen molar-refractivity contribution in [3.63, 3.8) is 0 Å². The number of aliphatic carboxylic acids is 2. The van der Waals surface area contributed by atoms with E-state index in [0.29, 0.717) is 12.5 Å². The molecule has 2 aliphatic heterocycles. The van der Waals surface area contributed by atoms with Gasteiger partial charge in [-0.2, -0.15) is 26.3 Å². The molecule has 0 bridgehead atoms. The zero-order chi connectivity index (χ0) is 30.1. The number of carboxylic acid groups (broad SMARTS) is 2. The van der Waals surface area contributed by atoms with E-state index in [1.807, 2.05) is 29.4 Å². The van der Waals surface area contributed by atoms with Gasteiger partial charge in [0.15, 0.2) is 0 Å². The SMILES string of the molecule is CO[C@H]1CCN(C(=O)c2ncccn2)[C@@H]2CN(Cc3ccncc3)C[C@H]12.O=C(O)C(F)(F)F.O=C(O)C(F)(F)F. The molecule has 2 aromatic rings. The van der Waals surface area contributed by atoms with Gasteiger partial charge in [0.1, 0.15) is 0 Å². The van der Waals surface area contributed by atoms with E-state index >= 15 is 0 Å². The summed E-state index contributed by atoms with van der Waals surface area (Å²) in [5.41, 5.74) is 1.23. The lowest BCUT2D eigenvalue weighted by Gasteiger charge is -2.40. The van der Waals surface area contributed by atoms with E-state index in [-0.39, 0.29) is 23.9 Å². The molecule has 0 saturated carbocycles. The van der Waals surface area contributed by atoms with Crippen LogP contribution in [0.2, 0.25) is 0 Å². The fourth-order valence-electron chi connectivity index (χ4n) is 4.19. The molecule has 4 rings (SSSR count). The lowest BCUT2D eigenvalue weighted by atomic mass is 9.89. The number of nitrogens with zero attached hydrogens (tertiary/aromatic N) is 5. The molecule has 2 aliphatic rings. The predicted octanol–water partition coefficient (Wildman–Crippen LogP) is 2.50. The molecule has 3 atom stereocenters. The number of aromatic nitrogens is 3. The Labute approximate surface area is 223 Å². The van der Waals surface area contributed by atoms with Crippen LogP contribution in [0.25, 0.3) is 0 Å². The van der Waals surface area contributed by atoms with Crippen LogP contribution in [0, 0.1) is 5.92 Å². The number of hydrogen-bond acceptors (Lipinski definition) is 8. The quantitative estimate of drug-likeness (QED) is 0.517.